The highest BCUT2D eigenvalue weighted by Gasteiger charge is 2.36. The van der Waals surface area contributed by atoms with Crippen LogP contribution >= 0.6 is 12.2 Å². The number of rotatable bonds is 7. The molecule has 2 aliphatic heterocycles. The maximum absolute atomic E-state index is 13.4. The summed E-state index contributed by atoms with van der Waals surface area (Å²) in [6, 6.07) is 8.42. The summed E-state index contributed by atoms with van der Waals surface area (Å²) in [5, 5.41) is 20.8. The van der Waals surface area contributed by atoms with Crippen molar-refractivity contribution in [3.05, 3.63) is 53.6 Å². The van der Waals surface area contributed by atoms with Gasteiger partial charge >= 0.3 is 12.4 Å². The first-order chi connectivity index (χ1) is 19.2. The average Bonchev–Trinajstić information content (AvgIpc) is 2.92. The molecule has 3 N–H and O–H groups in total. The molecule has 1 atom stereocenters. The molecule has 2 heterocycles. The van der Waals surface area contributed by atoms with Crippen molar-refractivity contribution in [1.82, 2.24) is 9.80 Å². The average molecular weight is 606 g/mol. The number of piperidine rings is 1. The monoisotopic (exact) mass is 605 g/mol. The van der Waals surface area contributed by atoms with Crippen LogP contribution in [0.1, 0.15) is 30.9 Å². The predicted octanol–water partition coefficient (Wildman–Crippen LogP) is 5.97. The Bertz CT molecular complexity index is 1180. The van der Waals surface area contributed by atoms with E-state index in [0.29, 0.717) is 39.0 Å². The summed E-state index contributed by atoms with van der Waals surface area (Å²) < 4.78 is 78.6. The summed E-state index contributed by atoms with van der Waals surface area (Å²) >= 11 is 5.77. The zero-order valence-electron chi connectivity index (χ0n) is 22.4. The molecule has 0 aromatic heterocycles. The first-order valence-corrected chi connectivity index (χ1v) is 13.7. The molecule has 226 valence electrons. The Morgan fingerprint density at radius 2 is 1.54 bits per heavy atom. The van der Waals surface area contributed by atoms with Crippen LogP contribution in [0, 0.1) is 5.92 Å². The molecule has 7 nitrogen and oxygen atoms in total. The van der Waals surface area contributed by atoms with Crippen LogP contribution in [0.2, 0.25) is 0 Å². The van der Waals surface area contributed by atoms with Gasteiger partial charge in [0.15, 0.2) is 0 Å². The first kappa shape index (κ1) is 31.1. The summed E-state index contributed by atoms with van der Waals surface area (Å²) in [5.41, 5.74) is -1.55. The highest BCUT2D eigenvalue weighted by Crippen LogP contribution is 2.38. The van der Waals surface area contributed by atoms with E-state index in [1.54, 1.807) is 0 Å². The lowest BCUT2D eigenvalue weighted by molar-refractivity contribution is -0.139. The van der Waals surface area contributed by atoms with Gasteiger partial charge in [-0.1, -0.05) is 19.1 Å². The molecule has 2 aliphatic rings. The molecule has 2 saturated heterocycles. The van der Waals surface area contributed by atoms with Crippen molar-refractivity contribution in [2.24, 2.45) is 5.92 Å². The third kappa shape index (κ3) is 7.93. The van der Waals surface area contributed by atoms with Gasteiger partial charge in [-0.2, -0.15) is 26.3 Å². The number of nitrogens with one attached hydrogen (secondary N) is 1. The van der Waals surface area contributed by atoms with E-state index >= 15 is 0 Å². The van der Waals surface area contributed by atoms with Gasteiger partial charge in [-0.15, -0.1) is 5.23 Å². The van der Waals surface area contributed by atoms with Crippen LogP contribution < -0.4 is 15.4 Å². The molecule has 0 amide bonds. The van der Waals surface area contributed by atoms with Crippen molar-refractivity contribution < 1.29 is 36.8 Å². The van der Waals surface area contributed by atoms with Crippen molar-refractivity contribution in [3.8, 4) is 0 Å². The van der Waals surface area contributed by atoms with Crippen LogP contribution in [0.25, 0.3) is 0 Å². The fourth-order valence-electron chi connectivity index (χ4n) is 5.33. The van der Waals surface area contributed by atoms with Gasteiger partial charge in [-0.05, 0) is 55.3 Å². The topological polar surface area (TPSA) is 65.5 Å². The second-order valence-corrected chi connectivity index (χ2v) is 10.9. The van der Waals surface area contributed by atoms with Gasteiger partial charge in [0.25, 0.3) is 0 Å². The number of piperazine rings is 1. The zero-order chi connectivity index (χ0) is 29.9. The van der Waals surface area contributed by atoms with Crippen molar-refractivity contribution in [2.45, 2.75) is 38.2 Å². The van der Waals surface area contributed by atoms with Gasteiger partial charge in [0.05, 0.1) is 16.1 Å². The minimum Gasteiger partial charge on any atom is -0.382 e. The molecule has 41 heavy (non-hydrogen) atoms. The maximum atomic E-state index is 13.4. The third-order valence-electron chi connectivity index (χ3n) is 7.58. The van der Waals surface area contributed by atoms with Crippen LogP contribution in [0.3, 0.4) is 0 Å². The molecule has 0 spiro atoms. The van der Waals surface area contributed by atoms with E-state index in [1.165, 1.54) is 18.2 Å². The lowest BCUT2D eigenvalue weighted by Gasteiger charge is -2.40. The zero-order valence-corrected chi connectivity index (χ0v) is 23.2. The van der Waals surface area contributed by atoms with E-state index in [2.05, 4.69) is 26.9 Å². The molecule has 1 unspecified atom stereocenters. The smallest absolute Gasteiger partial charge is 0.382 e. The van der Waals surface area contributed by atoms with Crippen LogP contribution in [-0.2, 0) is 12.4 Å². The number of benzene rings is 2. The number of hydrogen-bond donors (Lipinski definition) is 3. The molecule has 2 aromatic rings. The van der Waals surface area contributed by atoms with E-state index in [0.717, 1.165) is 54.6 Å². The fraction of sp³-hybridized carbons (Fsp3) is 0.519. The lowest BCUT2D eigenvalue weighted by Crippen LogP contribution is -2.50. The van der Waals surface area contributed by atoms with Gasteiger partial charge < -0.3 is 15.1 Å². The predicted molar refractivity (Wildman–Crippen MR) is 148 cm³/mol. The summed E-state index contributed by atoms with van der Waals surface area (Å²) in [5.74, 6) is 0.105. The van der Waals surface area contributed by atoms with Crippen LogP contribution in [0.15, 0.2) is 42.5 Å². The fourth-order valence-corrected chi connectivity index (χ4v) is 5.59. The molecule has 14 heteroatoms. The first-order valence-electron chi connectivity index (χ1n) is 13.3. The van der Waals surface area contributed by atoms with Gasteiger partial charge in [0.2, 0.25) is 0 Å². The number of halogens is 6. The molecule has 0 saturated carbocycles. The van der Waals surface area contributed by atoms with Gasteiger partial charge in [0.1, 0.15) is 5.69 Å². The van der Waals surface area contributed by atoms with E-state index < -0.39 is 34.4 Å². The van der Waals surface area contributed by atoms with E-state index in [1.807, 2.05) is 0 Å². The number of hydrogen-bond acceptors (Lipinski definition) is 7. The Morgan fingerprint density at radius 3 is 2.07 bits per heavy atom. The van der Waals surface area contributed by atoms with Crippen LogP contribution in [-0.4, -0.2) is 77.1 Å². The van der Waals surface area contributed by atoms with Crippen molar-refractivity contribution in [3.63, 3.8) is 0 Å². The van der Waals surface area contributed by atoms with E-state index in [-0.39, 0.29) is 17.6 Å². The Hall–Kier alpha value is -2.81. The lowest BCUT2D eigenvalue weighted by atomic mass is 10.0. The molecule has 0 bridgehead atoms. The van der Waals surface area contributed by atoms with Crippen molar-refractivity contribution in [1.29, 1.82) is 0 Å². The number of anilines is 3. The standard InChI is InChI=1S/C27H33F6N5O2S/c1-18(17-35-12-14-36(15-13-35)22-5-2-19(3-6-22)26(28,29)30)25(41)37-10-8-20(9-11-37)34-21-4-7-24(38(39)40)23(16-21)27(31,32)33/h2-7,16,18,20,34,39-40H,8-15,17H2,1H3. The molecule has 2 aromatic carbocycles. The molecule has 0 radical (unpaired) electrons. The minimum atomic E-state index is -4.75. The van der Waals surface area contributed by atoms with E-state index in [4.69, 9.17) is 22.6 Å². The summed E-state index contributed by atoms with van der Waals surface area (Å²) in [6.07, 6.45) is -7.76. The Balaban J connectivity index is 1.23. The van der Waals surface area contributed by atoms with Crippen LogP contribution in [0.5, 0.6) is 0 Å². The quantitative estimate of drug-likeness (QED) is 0.203. The Morgan fingerprint density at radius 1 is 0.927 bits per heavy atom. The van der Waals surface area contributed by atoms with Crippen molar-refractivity contribution >= 4 is 34.3 Å². The van der Waals surface area contributed by atoms with Gasteiger partial charge in [0, 0.05) is 69.1 Å². The Labute approximate surface area is 239 Å². The summed E-state index contributed by atoms with van der Waals surface area (Å²) in [7, 11) is 0. The highest BCUT2D eigenvalue weighted by molar-refractivity contribution is 7.80. The Kier molecular flexibility index (Phi) is 9.56. The van der Waals surface area contributed by atoms with E-state index in [9.17, 15) is 26.3 Å². The second-order valence-electron chi connectivity index (χ2n) is 10.5. The molecule has 4 rings (SSSR count). The van der Waals surface area contributed by atoms with Crippen molar-refractivity contribution in [2.75, 3.05) is 61.3 Å². The second kappa shape index (κ2) is 12.6. The molecule has 0 aliphatic carbocycles. The van der Waals surface area contributed by atoms with Gasteiger partial charge in [-0.3, -0.25) is 15.3 Å². The number of thiocarbonyl (C=S) groups is 1. The van der Waals surface area contributed by atoms with Crippen LogP contribution in [0.4, 0.5) is 43.4 Å². The normalized spacial score (nSPS) is 18.4. The summed E-state index contributed by atoms with van der Waals surface area (Å²) in [4.78, 5) is 7.35. The molecular formula is C27H33F6N5O2S. The number of alkyl halides is 6. The summed E-state index contributed by atoms with van der Waals surface area (Å²) in [6.45, 7) is 7.09. The molecular weight excluding hydrogens is 572 g/mol. The number of nitrogens with zero attached hydrogens (tertiary/aromatic N) is 4. The maximum Gasteiger partial charge on any atom is 0.418 e. The third-order valence-corrected chi connectivity index (χ3v) is 8.24. The SMILES string of the molecule is CC(CN1CCN(c2ccc(C(F)(F)F)cc2)CC1)C(=S)N1CCC(Nc2ccc(N(O)O)c(C(F)(F)F)c2)CC1. The minimum absolute atomic E-state index is 0.0612. The number of likely N-dealkylation sites (tertiary alicyclic amines) is 1. The highest BCUT2D eigenvalue weighted by atomic mass is 32.1. The molecule has 2 fully saturated rings. The largest absolute Gasteiger partial charge is 0.418 e. The van der Waals surface area contributed by atoms with Gasteiger partial charge in [-0.25, -0.2) is 0 Å².